The van der Waals surface area contributed by atoms with Gasteiger partial charge in [0.1, 0.15) is 5.82 Å². The molecule has 2 aromatic rings. The van der Waals surface area contributed by atoms with Crippen LogP contribution in [0, 0.1) is 19.9 Å². The van der Waals surface area contributed by atoms with Crippen molar-refractivity contribution in [2.75, 3.05) is 11.1 Å². The van der Waals surface area contributed by atoms with Crippen LogP contribution in [-0.2, 0) is 0 Å². The minimum absolute atomic E-state index is 0.578. The van der Waals surface area contributed by atoms with Gasteiger partial charge in [0.15, 0.2) is 5.82 Å². The van der Waals surface area contributed by atoms with Crippen molar-refractivity contribution in [1.29, 1.82) is 0 Å². The van der Waals surface area contributed by atoms with Crippen LogP contribution in [0.25, 0.3) is 0 Å². The highest BCUT2D eigenvalue weighted by Crippen LogP contribution is 2.22. The lowest BCUT2D eigenvalue weighted by Gasteiger charge is -2.10. The molecule has 4 heteroatoms. The van der Waals surface area contributed by atoms with E-state index in [1.807, 2.05) is 38.1 Å². The molecule has 16 heavy (non-hydrogen) atoms. The number of nitrogens with one attached hydrogen (secondary N) is 1. The van der Waals surface area contributed by atoms with Gasteiger partial charge in [0.05, 0.1) is 11.4 Å². The first-order valence-corrected chi connectivity index (χ1v) is 5.00. The molecule has 0 aliphatic rings. The van der Waals surface area contributed by atoms with E-state index < -0.39 is 0 Å². The van der Waals surface area contributed by atoms with Gasteiger partial charge in [-0.1, -0.05) is 12.1 Å². The predicted molar refractivity (Wildman–Crippen MR) is 64.5 cm³/mol. The van der Waals surface area contributed by atoms with Gasteiger partial charge < -0.3 is 11.1 Å². The number of nitrogens with two attached hydrogens (primary N) is 1. The summed E-state index contributed by atoms with van der Waals surface area (Å²) in [7, 11) is 0. The molecule has 1 heterocycles. The van der Waals surface area contributed by atoms with Gasteiger partial charge in [-0.3, -0.25) is 0 Å². The van der Waals surface area contributed by atoms with Crippen molar-refractivity contribution in [2.24, 2.45) is 0 Å². The second-order valence-corrected chi connectivity index (χ2v) is 3.54. The van der Waals surface area contributed by atoms with E-state index in [1.54, 1.807) is 0 Å². The van der Waals surface area contributed by atoms with E-state index in [1.165, 1.54) is 0 Å². The molecule has 3 N–H and O–H groups in total. The van der Waals surface area contributed by atoms with Gasteiger partial charge >= 0.3 is 0 Å². The first-order chi connectivity index (χ1) is 7.66. The number of hydrogen-bond donors (Lipinski definition) is 2. The first-order valence-electron chi connectivity index (χ1n) is 5.00. The fourth-order valence-electron chi connectivity index (χ4n) is 1.42. The molecule has 0 atom stereocenters. The smallest absolute Gasteiger partial charge is 0.157 e. The summed E-state index contributed by atoms with van der Waals surface area (Å²) in [5.41, 5.74) is 8.18. The topological polar surface area (TPSA) is 63.8 Å². The summed E-state index contributed by atoms with van der Waals surface area (Å²) >= 11 is 0. The molecule has 0 unspecified atom stereocenters. The second kappa shape index (κ2) is 4.18. The molecule has 0 saturated heterocycles. The summed E-state index contributed by atoms with van der Waals surface area (Å²) in [4.78, 5) is 8.46. The Hall–Kier alpha value is -2.10. The standard InChI is InChI=1S/C12H13N4/c1-8-11(13)12(15-9(2)14-8)16-10-6-4-3-5-7-10/h3-4,6-7H,13H2,1-2H3,(H,14,15,16). The summed E-state index contributed by atoms with van der Waals surface area (Å²) in [5, 5.41) is 3.15. The molecule has 1 aromatic carbocycles. The fourth-order valence-corrected chi connectivity index (χ4v) is 1.42. The highest BCUT2D eigenvalue weighted by atomic mass is 15.1. The zero-order valence-electron chi connectivity index (χ0n) is 9.28. The number of anilines is 3. The Kier molecular flexibility index (Phi) is 2.72. The van der Waals surface area contributed by atoms with Crippen LogP contribution in [0.5, 0.6) is 0 Å². The predicted octanol–water partition coefficient (Wildman–Crippen LogP) is 2.22. The summed E-state index contributed by atoms with van der Waals surface area (Å²) < 4.78 is 0. The monoisotopic (exact) mass is 213 g/mol. The van der Waals surface area contributed by atoms with Crippen LogP contribution in [0.1, 0.15) is 11.5 Å². The third-order valence-corrected chi connectivity index (χ3v) is 2.22. The molecule has 0 spiro atoms. The maximum atomic E-state index is 5.90. The van der Waals surface area contributed by atoms with Crippen LogP contribution in [0.3, 0.4) is 0 Å². The summed E-state index contributed by atoms with van der Waals surface area (Å²) in [6, 6.07) is 10.5. The van der Waals surface area contributed by atoms with Gasteiger partial charge in [0, 0.05) is 5.69 Å². The molecular formula is C12H13N4. The average molecular weight is 213 g/mol. The number of aromatic nitrogens is 2. The van der Waals surface area contributed by atoms with E-state index in [-0.39, 0.29) is 0 Å². The van der Waals surface area contributed by atoms with Crippen LogP contribution < -0.4 is 11.1 Å². The second-order valence-electron chi connectivity index (χ2n) is 3.54. The number of benzene rings is 1. The van der Waals surface area contributed by atoms with Crippen molar-refractivity contribution in [3.8, 4) is 0 Å². The van der Waals surface area contributed by atoms with Gasteiger partial charge in [-0.15, -0.1) is 0 Å². The van der Waals surface area contributed by atoms with Crippen LogP contribution in [0.2, 0.25) is 0 Å². The number of rotatable bonds is 2. The highest BCUT2D eigenvalue weighted by molar-refractivity contribution is 5.69. The van der Waals surface area contributed by atoms with Crippen molar-refractivity contribution >= 4 is 17.2 Å². The SMILES string of the molecule is Cc1nc(C)c(N)c(Nc2c[c]ccc2)n1. The van der Waals surface area contributed by atoms with Gasteiger partial charge in [-0.05, 0) is 32.0 Å². The van der Waals surface area contributed by atoms with Crippen molar-refractivity contribution in [1.82, 2.24) is 9.97 Å². The zero-order valence-corrected chi connectivity index (χ0v) is 9.28. The Morgan fingerprint density at radius 1 is 1.31 bits per heavy atom. The van der Waals surface area contributed by atoms with Crippen LogP contribution >= 0.6 is 0 Å². The van der Waals surface area contributed by atoms with E-state index in [4.69, 9.17) is 5.73 Å². The molecule has 2 rings (SSSR count). The zero-order chi connectivity index (χ0) is 11.5. The fraction of sp³-hybridized carbons (Fsp3) is 0.167. The summed E-state index contributed by atoms with van der Waals surface area (Å²) in [6.07, 6.45) is 0. The van der Waals surface area contributed by atoms with Crippen LogP contribution in [0.15, 0.2) is 24.3 Å². The Morgan fingerprint density at radius 3 is 2.81 bits per heavy atom. The van der Waals surface area contributed by atoms with Crippen LogP contribution in [-0.4, -0.2) is 9.97 Å². The Balaban J connectivity index is 2.35. The minimum atomic E-state index is 0.578. The Bertz CT molecular complexity index is 494. The van der Waals surface area contributed by atoms with Crippen molar-refractivity contribution in [2.45, 2.75) is 13.8 Å². The van der Waals surface area contributed by atoms with E-state index in [0.29, 0.717) is 17.3 Å². The van der Waals surface area contributed by atoms with Crippen molar-refractivity contribution in [3.05, 3.63) is 41.9 Å². The van der Waals surface area contributed by atoms with Crippen molar-refractivity contribution in [3.63, 3.8) is 0 Å². The quantitative estimate of drug-likeness (QED) is 0.802. The van der Waals surface area contributed by atoms with E-state index >= 15 is 0 Å². The molecule has 0 amide bonds. The molecule has 1 aromatic heterocycles. The van der Waals surface area contributed by atoms with Gasteiger partial charge in [0.2, 0.25) is 0 Å². The summed E-state index contributed by atoms with van der Waals surface area (Å²) in [6.45, 7) is 3.71. The minimum Gasteiger partial charge on any atom is -0.394 e. The largest absolute Gasteiger partial charge is 0.394 e. The average Bonchev–Trinajstić information content (AvgIpc) is 2.27. The summed E-state index contributed by atoms with van der Waals surface area (Å²) in [5.74, 6) is 1.35. The molecular weight excluding hydrogens is 200 g/mol. The van der Waals surface area contributed by atoms with Crippen molar-refractivity contribution < 1.29 is 0 Å². The first kappa shape index (κ1) is 10.4. The van der Waals surface area contributed by atoms with Gasteiger partial charge in [-0.25, -0.2) is 9.97 Å². The number of hydrogen-bond acceptors (Lipinski definition) is 4. The molecule has 0 aliphatic carbocycles. The number of nitrogen functional groups attached to an aromatic ring is 1. The normalized spacial score (nSPS) is 10.1. The third kappa shape index (κ3) is 2.11. The molecule has 0 bridgehead atoms. The maximum Gasteiger partial charge on any atom is 0.157 e. The van der Waals surface area contributed by atoms with Gasteiger partial charge in [0.25, 0.3) is 0 Å². The molecule has 4 nitrogen and oxygen atoms in total. The Labute approximate surface area is 94.5 Å². The number of aryl methyl sites for hydroxylation is 2. The molecule has 0 fully saturated rings. The van der Waals surface area contributed by atoms with E-state index in [9.17, 15) is 0 Å². The van der Waals surface area contributed by atoms with Gasteiger partial charge in [-0.2, -0.15) is 0 Å². The lowest BCUT2D eigenvalue weighted by Crippen LogP contribution is -2.05. The molecule has 0 aliphatic heterocycles. The molecule has 1 radical (unpaired) electrons. The third-order valence-electron chi connectivity index (χ3n) is 2.22. The maximum absolute atomic E-state index is 5.90. The van der Waals surface area contributed by atoms with E-state index in [2.05, 4.69) is 21.4 Å². The van der Waals surface area contributed by atoms with E-state index in [0.717, 1.165) is 11.4 Å². The molecule has 81 valence electrons. The number of nitrogens with zero attached hydrogens (tertiary/aromatic N) is 2. The highest BCUT2D eigenvalue weighted by Gasteiger charge is 2.06. The molecule has 0 saturated carbocycles. The Morgan fingerprint density at radius 2 is 2.12 bits per heavy atom. The van der Waals surface area contributed by atoms with Crippen LogP contribution in [0.4, 0.5) is 17.2 Å². The lowest BCUT2D eigenvalue weighted by atomic mass is 10.3. The lowest BCUT2D eigenvalue weighted by molar-refractivity contribution is 1.02.